The number of rotatable bonds is 8. The molecule has 4 aromatic carbocycles. The molecule has 0 spiro atoms. The van der Waals surface area contributed by atoms with Crippen molar-refractivity contribution >= 4 is 12.6 Å². The number of carbonyl (C=O) groups is 2. The van der Waals surface area contributed by atoms with Crippen molar-refractivity contribution in [1.82, 2.24) is 0 Å². The summed E-state index contributed by atoms with van der Waals surface area (Å²) >= 11 is 0. The van der Waals surface area contributed by atoms with E-state index in [1.807, 2.05) is 48.5 Å². The largest absolute Gasteiger partial charge is 0.457 e. The first-order valence-electron chi connectivity index (χ1n) is 13.4. The summed E-state index contributed by atoms with van der Waals surface area (Å²) in [5.74, 6) is 2.97. The van der Waals surface area contributed by atoms with E-state index >= 15 is 0 Å². The van der Waals surface area contributed by atoms with Gasteiger partial charge in [0.25, 0.3) is 0 Å². The van der Waals surface area contributed by atoms with Crippen molar-refractivity contribution < 1.29 is 19.1 Å². The second-order valence-electron chi connectivity index (χ2n) is 9.98. The Morgan fingerprint density at radius 3 is 1.11 bits per heavy atom. The fourth-order valence-electron chi connectivity index (χ4n) is 5.44. The molecule has 0 unspecified atom stereocenters. The van der Waals surface area contributed by atoms with E-state index in [9.17, 15) is 9.59 Å². The highest BCUT2D eigenvalue weighted by Gasteiger charge is 2.34. The van der Waals surface area contributed by atoms with Crippen LogP contribution >= 0.6 is 0 Å². The van der Waals surface area contributed by atoms with Crippen molar-refractivity contribution in [3.05, 3.63) is 119 Å². The van der Waals surface area contributed by atoms with Gasteiger partial charge in [-0.2, -0.15) is 0 Å². The molecule has 4 nitrogen and oxygen atoms in total. The number of hydrogen-bond donors (Lipinski definition) is 0. The van der Waals surface area contributed by atoms with Gasteiger partial charge < -0.3 is 9.47 Å². The highest BCUT2D eigenvalue weighted by molar-refractivity contribution is 5.75. The van der Waals surface area contributed by atoms with Crippen molar-refractivity contribution in [3.8, 4) is 23.0 Å². The van der Waals surface area contributed by atoms with E-state index in [0.29, 0.717) is 22.6 Å². The maximum absolute atomic E-state index is 10.9. The smallest absolute Gasteiger partial charge is 0.150 e. The molecule has 4 aromatic rings. The third-order valence-corrected chi connectivity index (χ3v) is 7.52. The molecule has 1 aliphatic carbocycles. The molecule has 0 saturated heterocycles. The summed E-state index contributed by atoms with van der Waals surface area (Å²) in [6, 6.07) is 31.3. The van der Waals surface area contributed by atoms with E-state index in [2.05, 4.69) is 24.3 Å². The van der Waals surface area contributed by atoms with E-state index in [-0.39, 0.29) is 5.41 Å². The summed E-state index contributed by atoms with van der Waals surface area (Å²) in [4.78, 5) is 21.8. The Morgan fingerprint density at radius 2 is 0.763 bits per heavy atom. The lowest BCUT2D eigenvalue weighted by Gasteiger charge is -2.37. The standard InChI is InChI=1S/C34H32O4/c35-24-26-6-14-30(15-7-26)37-32-18-10-28(11-19-32)34(22-4-2-1-3-5-23-34)29-12-20-33(21-13-29)38-31-16-8-27(25-36)9-17-31/h6-21,24-25H,1-5,22-23H2. The van der Waals surface area contributed by atoms with Crippen LogP contribution in [0.5, 0.6) is 23.0 Å². The summed E-state index contributed by atoms with van der Waals surface area (Å²) in [6.07, 6.45) is 10.1. The zero-order valence-corrected chi connectivity index (χ0v) is 21.5. The first kappa shape index (κ1) is 25.5. The summed E-state index contributed by atoms with van der Waals surface area (Å²) < 4.78 is 12.1. The molecule has 1 aliphatic rings. The van der Waals surface area contributed by atoms with Gasteiger partial charge in [0.05, 0.1) is 0 Å². The van der Waals surface area contributed by atoms with Crippen LogP contribution in [0.4, 0.5) is 0 Å². The minimum Gasteiger partial charge on any atom is -0.457 e. The van der Waals surface area contributed by atoms with Crippen molar-refractivity contribution in [2.24, 2.45) is 0 Å². The monoisotopic (exact) mass is 504 g/mol. The van der Waals surface area contributed by atoms with Crippen LogP contribution in [0.1, 0.15) is 76.8 Å². The lowest BCUT2D eigenvalue weighted by atomic mass is 9.67. The quantitative estimate of drug-likeness (QED) is 0.225. The molecule has 1 fully saturated rings. The Balaban J connectivity index is 1.39. The summed E-state index contributed by atoms with van der Waals surface area (Å²) in [5, 5.41) is 0. The first-order valence-corrected chi connectivity index (χ1v) is 13.4. The Kier molecular flexibility index (Phi) is 7.98. The molecule has 192 valence electrons. The van der Waals surface area contributed by atoms with Gasteiger partial charge in [-0.25, -0.2) is 0 Å². The zero-order chi connectivity index (χ0) is 26.2. The van der Waals surface area contributed by atoms with E-state index < -0.39 is 0 Å². The van der Waals surface area contributed by atoms with Crippen LogP contribution in [0.3, 0.4) is 0 Å². The molecule has 0 bridgehead atoms. The molecule has 0 atom stereocenters. The predicted octanol–water partition coefficient (Wildman–Crippen LogP) is 8.93. The van der Waals surface area contributed by atoms with Crippen molar-refractivity contribution in [1.29, 1.82) is 0 Å². The Hall–Kier alpha value is -4.18. The van der Waals surface area contributed by atoms with Crippen LogP contribution in [0, 0.1) is 0 Å². The van der Waals surface area contributed by atoms with Crippen LogP contribution < -0.4 is 9.47 Å². The fourth-order valence-corrected chi connectivity index (χ4v) is 5.44. The fraction of sp³-hybridized carbons (Fsp3) is 0.235. The average molecular weight is 505 g/mol. The molecular formula is C34H32O4. The third kappa shape index (κ3) is 5.86. The van der Waals surface area contributed by atoms with Gasteiger partial charge in [-0.15, -0.1) is 0 Å². The second-order valence-corrected chi connectivity index (χ2v) is 9.98. The van der Waals surface area contributed by atoms with Crippen molar-refractivity contribution in [2.75, 3.05) is 0 Å². The van der Waals surface area contributed by atoms with Gasteiger partial charge in [-0.1, -0.05) is 56.4 Å². The van der Waals surface area contributed by atoms with Crippen LogP contribution in [-0.4, -0.2) is 12.6 Å². The van der Waals surface area contributed by atoms with E-state index in [4.69, 9.17) is 9.47 Å². The third-order valence-electron chi connectivity index (χ3n) is 7.52. The van der Waals surface area contributed by atoms with Crippen LogP contribution in [0.2, 0.25) is 0 Å². The average Bonchev–Trinajstić information content (AvgIpc) is 2.95. The first-order chi connectivity index (χ1) is 18.7. The number of benzene rings is 4. The molecule has 38 heavy (non-hydrogen) atoms. The van der Waals surface area contributed by atoms with Gasteiger partial charge in [0, 0.05) is 16.5 Å². The summed E-state index contributed by atoms with van der Waals surface area (Å²) in [6.45, 7) is 0. The molecule has 1 saturated carbocycles. The molecule has 0 N–H and O–H groups in total. The summed E-state index contributed by atoms with van der Waals surface area (Å²) in [5.41, 5.74) is 3.81. The highest BCUT2D eigenvalue weighted by atomic mass is 16.5. The number of carbonyl (C=O) groups excluding carboxylic acids is 2. The molecular weight excluding hydrogens is 472 g/mol. The topological polar surface area (TPSA) is 52.6 Å². The van der Waals surface area contributed by atoms with Crippen molar-refractivity contribution in [2.45, 2.75) is 50.4 Å². The van der Waals surface area contributed by atoms with Crippen molar-refractivity contribution in [3.63, 3.8) is 0 Å². The summed E-state index contributed by atoms with van der Waals surface area (Å²) in [7, 11) is 0. The van der Waals surface area contributed by atoms with Gasteiger partial charge in [0.2, 0.25) is 0 Å². The van der Waals surface area contributed by atoms with E-state index in [1.54, 1.807) is 24.3 Å². The lowest BCUT2D eigenvalue weighted by molar-refractivity contribution is 0.111. The molecule has 0 radical (unpaired) electrons. The van der Waals surface area contributed by atoms with Crippen LogP contribution in [-0.2, 0) is 5.41 Å². The minimum absolute atomic E-state index is 0.0608. The second kappa shape index (κ2) is 11.9. The van der Waals surface area contributed by atoms with E-state index in [0.717, 1.165) is 36.9 Å². The maximum Gasteiger partial charge on any atom is 0.150 e. The SMILES string of the molecule is O=Cc1ccc(Oc2ccc(C3(c4ccc(Oc5ccc(C=O)cc5)cc4)CCCCCCC3)cc2)cc1. The van der Waals surface area contributed by atoms with Gasteiger partial charge >= 0.3 is 0 Å². The van der Waals surface area contributed by atoms with Crippen LogP contribution in [0.25, 0.3) is 0 Å². The van der Waals surface area contributed by atoms with Crippen LogP contribution in [0.15, 0.2) is 97.1 Å². The molecule has 0 heterocycles. The molecule has 0 aliphatic heterocycles. The lowest BCUT2D eigenvalue weighted by Crippen LogP contribution is -2.28. The predicted molar refractivity (Wildman–Crippen MR) is 150 cm³/mol. The van der Waals surface area contributed by atoms with Gasteiger partial charge in [0.15, 0.2) is 0 Å². The maximum atomic E-state index is 10.9. The number of hydrogen-bond acceptors (Lipinski definition) is 4. The Morgan fingerprint density at radius 1 is 0.447 bits per heavy atom. The molecule has 0 aromatic heterocycles. The van der Waals surface area contributed by atoms with Gasteiger partial charge in [-0.05, 0) is 96.8 Å². The molecule has 0 amide bonds. The molecule has 4 heteroatoms. The highest BCUT2D eigenvalue weighted by Crippen LogP contribution is 2.44. The minimum atomic E-state index is -0.0608. The van der Waals surface area contributed by atoms with Gasteiger partial charge in [0.1, 0.15) is 35.6 Å². The normalized spacial score (nSPS) is 15.1. The zero-order valence-electron chi connectivity index (χ0n) is 21.5. The number of aldehydes is 2. The Labute approximate surface area is 224 Å². The molecule has 5 rings (SSSR count). The number of ether oxygens (including phenoxy) is 2. The van der Waals surface area contributed by atoms with Gasteiger partial charge in [-0.3, -0.25) is 9.59 Å². The van der Waals surface area contributed by atoms with E-state index in [1.165, 1.54) is 43.2 Å². The Bertz CT molecular complexity index is 1230.